The Morgan fingerprint density at radius 3 is 2.67 bits per heavy atom. The lowest BCUT2D eigenvalue weighted by Gasteiger charge is -2.13. The molecule has 0 saturated carbocycles. The maximum absolute atomic E-state index is 11.4. The molecule has 0 spiro atoms. The van der Waals surface area contributed by atoms with Gasteiger partial charge in [-0.25, -0.2) is 0 Å². The highest BCUT2D eigenvalue weighted by Crippen LogP contribution is 2.27. The maximum atomic E-state index is 11.4. The van der Waals surface area contributed by atoms with Crippen molar-refractivity contribution in [1.29, 1.82) is 0 Å². The van der Waals surface area contributed by atoms with Gasteiger partial charge in [-0.05, 0) is 11.6 Å². The lowest BCUT2D eigenvalue weighted by molar-refractivity contribution is -0.384. The number of halogens is 1. The molecule has 0 N–H and O–H groups in total. The number of rotatable bonds is 3. The summed E-state index contributed by atoms with van der Waals surface area (Å²) in [6.07, 6.45) is 0. The van der Waals surface area contributed by atoms with Crippen LogP contribution < -0.4 is 0 Å². The highest BCUT2D eigenvalue weighted by atomic mass is 35.5. The summed E-state index contributed by atoms with van der Waals surface area (Å²) in [6.45, 7) is 0.0431. The van der Waals surface area contributed by atoms with Crippen LogP contribution in [-0.4, -0.2) is 26.7 Å². The molecule has 18 heavy (non-hydrogen) atoms. The first-order valence-corrected chi connectivity index (χ1v) is 6.25. The smallest absolute Gasteiger partial charge is 0.273 e. The summed E-state index contributed by atoms with van der Waals surface area (Å²) in [7, 11) is 0. The zero-order valence-corrected chi connectivity index (χ0v) is 10.5. The van der Waals surface area contributed by atoms with Crippen molar-refractivity contribution in [2.75, 3.05) is 5.75 Å². The Labute approximate surface area is 111 Å². The topological polar surface area (TPSA) is 80.5 Å². The minimum absolute atomic E-state index is 0.0431. The van der Waals surface area contributed by atoms with Crippen molar-refractivity contribution in [3.8, 4) is 0 Å². The zero-order chi connectivity index (χ0) is 13.3. The summed E-state index contributed by atoms with van der Waals surface area (Å²) in [5.41, 5.74) is 0.378. The third kappa shape index (κ3) is 2.46. The average molecular weight is 287 g/mol. The number of amides is 2. The summed E-state index contributed by atoms with van der Waals surface area (Å²) in [4.78, 5) is 33.9. The standard InChI is InChI=1S/C10H7ClN2O4S/c11-8-3-7(13(16)17)2-1-6(8)4-12-9(14)5-18-10(12)15/h1-3H,4-5H2. The third-order valence-corrected chi connectivity index (χ3v) is 3.63. The Morgan fingerprint density at radius 1 is 1.44 bits per heavy atom. The van der Waals surface area contributed by atoms with E-state index in [4.69, 9.17) is 11.6 Å². The van der Waals surface area contributed by atoms with Crippen LogP contribution in [0.3, 0.4) is 0 Å². The van der Waals surface area contributed by atoms with Gasteiger partial charge < -0.3 is 0 Å². The summed E-state index contributed by atoms with van der Waals surface area (Å²) in [5, 5.41) is 10.4. The second-order valence-electron chi connectivity index (χ2n) is 3.57. The van der Waals surface area contributed by atoms with Crippen molar-refractivity contribution in [2.45, 2.75) is 6.54 Å². The molecule has 0 radical (unpaired) electrons. The van der Waals surface area contributed by atoms with Crippen molar-refractivity contribution >= 4 is 40.2 Å². The van der Waals surface area contributed by atoms with Crippen LogP contribution in [0.25, 0.3) is 0 Å². The zero-order valence-electron chi connectivity index (χ0n) is 8.96. The molecular weight excluding hydrogens is 280 g/mol. The number of thioether (sulfide) groups is 1. The number of nitrogens with zero attached hydrogens (tertiary/aromatic N) is 2. The molecule has 2 amide bonds. The van der Waals surface area contributed by atoms with Gasteiger partial charge in [0.05, 0.1) is 22.2 Å². The fourth-order valence-corrected chi connectivity index (χ4v) is 2.44. The van der Waals surface area contributed by atoms with Crippen LogP contribution in [0.2, 0.25) is 5.02 Å². The van der Waals surface area contributed by atoms with Crippen LogP contribution in [0.4, 0.5) is 10.5 Å². The minimum Gasteiger partial charge on any atom is -0.273 e. The molecule has 0 aliphatic carbocycles. The molecule has 0 aromatic heterocycles. The van der Waals surface area contributed by atoms with Crippen LogP contribution in [0.15, 0.2) is 18.2 Å². The van der Waals surface area contributed by atoms with E-state index in [2.05, 4.69) is 0 Å². The number of carbonyl (C=O) groups excluding carboxylic acids is 2. The first-order valence-electron chi connectivity index (χ1n) is 4.89. The van der Waals surface area contributed by atoms with Gasteiger partial charge in [-0.15, -0.1) is 0 Å². The molecule has 0 atom stereocenters. The molecule has 1 saturated heterocycles. The number of imide groups is 1. The number of nitro benzene ring substituents is 1. The van der Waals surface area contributed by atoms with Gasteiger partial charge in [-0.1, -0.05) is 23.4 Å². The Kier molecular flexibility index (Phi) is 3.53. The van der Waals surface area contributed by atoms with Crippen molar-refractivity contribution in [3.63, 3.8) is 0 Å². The van der Waals surface area contributed by atoms with Gasteiger partial charge in [0.2, 0.25) is 5.91 Å². The average Bonchev–Trinajstić information content (AvgIpc) is 2.63. The van der Waals surface area contributed by atoms with Crippen molar-refractivity contribution < 1.29 is 14.5 Å². The second-order valence-corrected chi connectivity index (χ2v) is 4.90. The van der Waals surface area contributed by atoms with E-state index < -0.39 is 4.92 Å². The molecule has 2 rings (SSSR count). The van der Waals surface area contributed by atoms with E-state index in [1.807, 2.05) is 0 Å². The van der Waals surface area contributed by atoms with Crippen LogP contribution >= 0.6 is 23.4 Å². The number of carbonyl (C=O) groups is 2. The SMILES string of the molecule is O=C1CSC(=O)N1Cc1ccc([N+](=O)[O-])cc1Cl. The molecule has 8 heteroatoms. The van der Waals surface area contributed by atoms with Gasteiger partial charge >= 0.3 is 0 Å². The van der Waals surface area contributed by atoms with E-state index in [1.165, 1.54) is 18.2 Å². The van der Waals surface area contributed by atoms with Gasteiger partial charge in [0.15, 0.2) is 0 Å². The Balaban J connectivity index is 2.22. The molecule has 1 aliphatic heterocycles. The number of hydrogen-bond donors (Lipinski definition) is 0. The molecule has 1 aromatic carbocycles. The van der Waals surface area contributed by atoms with E-state index in [0.717, 1.165) is 16.7 Å². The van der Waals surface area contributed by atoms with E-state index >= 15 is 0 Å². The van der Waals surface area contributed by atoms with Gasteiger partial charge in [0, 0.05) is 12.1 Å². The van der Waals surface area contributed by atoms with Crippen LogP contribution in [0, 0.1) is 10.1 Å². The molecule has 1 aliphatic rings. The van der Waals surface area contributed by atoms with E-state index in [9.17, 15) is 19.7 Å². The largest absolute Gasteiger partial charge is 0.289 e. The number of hydrogen-bond acceptors (Lipinski definition) is 5. The first-order chi connectivity index (χ1) is 8.49. The Bertz CT molecular complexity index is 533. The highest BCUT2D eigenvalue weighted by molar-refractivity contribution is 8.14. The summed E-state index contributed by atoms with van der Waals surface area (Å²) >= 11 is 6.82. The molecule has 1 aromatic rings. The molecule has 0 unspecified atom stereocenters. The van der Waals surface area contributed by atoms with Gasteiger partial charge in [0.1, 0.15) is 0 Å². The predicted molar refractivity (Wildman–Crippen MR) is 66.5 cm³/mol. The fraction of sp³-hybridized carbons (Fsp3) is 0.200. The number of nitro groups is 1. The van der Waals surface area contributed by atoms with Crippen molar-refractivity contribution in [1.82, 2.24) is 4.90 Å². The van der Waals surface area contributed by atoms with Crippen molar-refractivity contribution in [2.24, 2.45) is 0 Å². The van der Waals surface area contributed by atoms with Gasteiger partial charge in [-0.2, -0.15) is 0 Å². The molecular formula is C10H7ClN2O4S. The summed E-state index contributed by atoms with van der Waals surface area (Å²) < 4.78 is 0. The maximum Gasteiger partial charge on any atom is 0.289 e. The van der Waals surface area contributed by atoms with Crippen molar-refractivity contribution in [3.05, 3.63) is 38.9 Å². The number of benzene rings is 1. The minimum atomic E-state index is -0.558. The lowest BCUT2D eigenvalue weighted by Crippen LogP contribution is -2.28. The quantitative estimate of drug-likeness (QED) is 0.630. The van der Waals surface area contributed by atoms with Gasteiger partial charge in [0.25, 0.3) is 10.9 Å². The van der Waals surface area contributed by atoms with Crippen LogP contribution in [-0.2, 0) is 11.3 Å². The Morgan fingerprint density at radius 2 is 2.17 bits per heavy atom. The Hall–Kier alpha value is -1.60. The summed E-state index contributed by atoms with van der Waals surface area (Å²) in [6, 6.07) is 3.94. The molecule has 94 valence electrons. The monoisotopic (exact) mass is 286 g/mol. The number of non-ortho nitro benzene ring substituents is 1. The van der Waals surface area contributed by atoms with E-state index in [0.29, 0.717) is 5.56 Å². The van der Waals surface area contributed by atoms with Crippen LogP contribution in [0.1, 0.15) is 5.56 Å². The molecule has 1 fully saturated rings. The second kappa shape index (κ2) is 4.95. The van der Waals surface area contributed by atoms with E-state index in [1.54, 1.807) is 0 Å². The summed E-state index contributed by atoms with van der Waals surface area (Å²) in [5.74, 6) is -0.150. The van der Waals surface area contributed by atoms with Crippen LogP contribution in [0.5, 0.6) is 0 Å². The van der Waals surface area contributed by atoms with Gasteiger partial charge in [-0.3, -0.25) is 24.6 Å². The normalized spacial score (nSPS) is 15.3. The molecule has 1 heterocycles. The molecule has 6 nitrogen and oxygen atoms in total. The first kappa shape index (κ1) is 12.8. The lowest BCUT2D eigenvalue weighted by atomic mass is 10.2. The third-order valence-electron chi connectivity index (χ3n) is 2.42. The fourth-order valence-electron chi connectivity index (χ4n) is 1.48. The van der Waals surface area contributed by atoms with E-state index in [-0.39, 0.29) is 34.2 Å². The predicted octanol–water partition coefficient (Wildman–Crippen LogP) is 2.44. The highest BCUT2D eigenvalue weighted by Gasteiger charge is 2.30. The molecule has 0 bridgehead atoms.